The van der Waals surface area contributed by atoms with E-state index in [4.69, 9.17) is 23.2 Å². The molecule has 0 saturated carbocycles. The highest BCUT2D eigenvalue weighted by molar-refractivity contribution is 6.33. The monoisotopic (exact) mass is 472 g/mol. The number of aryl methyl sites for hydroxylation is 1. The molecule has 1 aliphatic rings. The normalized spacial score (nSPS) is 17.3. The molecule has 0 aromatic heterocycles. The van der Waals surface area contributed by atoms with Crippen LogP contribution in [-0.4, -0.2) is 35.5 Å². The zero-order valence-electron chi connectivity index (χ0n) is 17.5. The number of carbonyl (C=O) groups is 1. The highest BCUT2D eigenvalue weighted by Crippen LogP contribution is 2.36. The van der Waals surface area contributed by atoms with Crippen LogP contribution in [-0.2, 0) is 4.79 Å². The van der Waals surface area contributed by atoms with E-state index in [1.807, 2.05) is 37.3 Å². The van der Waals surface area contributed by atoms with Crippen molar-refractivity contribution in [3.05, 3.63) is 99.3 Å². The molecule has 3 aromatic rings. The van der Waals surface area contributed by atoms with E-state index in [1.165, 1.54) is 18.2 Å². The Bertz CT molecular complexity index is 1120. The summed E-state index contributed by atoms with van der Waals surface area (Å²) in [6, 6.07) is 18.9. The number of piperazine rings is 1. The fourth-order valence-electron chi connectivity index (χ4n) is 4.09. The van der Waals surface area contributed by atoms with E-state index < -0.39 is 17.8 Å². The minimum atomic E-state index is -1.56. The first-order valence-corrected chi connectivity index (χ1v) is 11.1. The number of carbonyl (C=O) groups excluding carboxylic acids is 1. The third-order valence-corrected chi connectivity index (χ3v) is 6.35. The number of anilines is 1. The molecule has 1 aliphatic heterocycles. The second kappa shape index (κ2) is 9.49. The largest absolute Gasteiger partial charge is 0.378 e. The second-order valence-corrected chi connectivity index (χ2v) is 8.77. The van der Waals surface area contributed by atoms with Crippen molar-refractivity contribution >= 4 is 34.8 Å². The van der Waals surface area contributed by atoms with Gasteiger partial charge in [0.15, 0.2) is 6.10 Å². The molecule has 1 N–H and O–H groups in total. The van der Waals surface area contributed by atoms with Gasteiger partial charge in [0.2, 0.25) is 0 Å². The lowest BCUT2D eigenvalue weighted by molar-refractivity contribution is -0.141. The van der Waals surface area contributed by atoms with Gasteiger partial charge in [-0.1, -0.05) is 59.6 Å². The van der Waals surface area contributed by atoms with E-state index in [0.717, 1.165) is 16.8 Å². The van der Waals surface area contributed by atoms with Gasteiger partial charge in [-0.25, -0.2) is 4.39 Å². The summed E-state index contributed by atoms with van der Waals surface area (Å²) >= 11 is 12.6. The van der Waals surface area contributed by atoms with Crippen LogP contribution in [0.4, 0.5) is 10.1 Å². The Labute approximate surface area is 196 Å². The SMILES string of the molecule is Cc1ccc(N2CCN(C(=O)C(O)c3ccccc3F)C[C@H]2c2ccc(Cl)cc2)c(Cl)c1. The van der Waals surface area contributed by atoms with Crippen LogP contribution in [0.15, 0.2) is 66.7 Å². The van der Waals surface area contributed by atoms with Crippen molar-refractivity contribution in [2.45, 2.75) is 19.1 Å². The smallest absolute Gasteiger partial charge is 0.256 e. The van der Waals surface area contributed by atoms with Crippen molar-refractivity contribution < 1.29 is 14.3 Å². The molecule has 7 heteroatoms. The first-order valence-electron chi connectivity index (χ1n) is 10.3. The molecule has 1 unspecified atom stereocenters. The molecule has 0 spiro atoms. The second-order valence-electron chi connectivity index (χ2n) is 7.92. The van der Waals surface area contributed by atoms with Crippen LogP contribution in [0.3, 0.4) is 0 Å². The van der Waals surface area contributed by atoms with Crippen LogP contribution in [0.2, 0.25) is 10.0 Å². The van der Waals surface area contributed by atoms with E-state index in [9.17, 15) is 14.3 Å². The summed E-state index contributed by atoms with van der Waals surface area (Å²) in [4.78, 5) is 16.8. The van der Waals surface area contributed by atoms with Gasteiger partial charge in [0, 0.05) is 30.2 Å². The molecule has 1 heterocycles. The Morgan fingerprint density at radius 2 is 1.78 bits per heavy atom. The standard InChI is InChI=1S/C25H23Cl2FN2O2/c1-16-6-11-22(20(27)14-16)30-13-12-29(15-23(30)17-7-9-18(26)10-8-17)25(32)24(31)19-4-2-3-5-21(19)28/h2-11,14,23-24,31H,12-13,15H2,1H3/t23-,24?/m0/s1. The Hall–Kier alpha value is -2.60. The van der Waals surface area contributed by atoms with Crippen LogP contribution in [0.5, 0.6) is 0 Å². The molecule has 0 bridgehead atoms. The highest BCUT2D eigenvalue weighted by atomic mass is 35.5. The number of halogens is 3. The summed E-state index contributed by atoms with van der Waals surface area (Å²) < 4.78 is 14.1. The van der Waals surface area contributed by atoms with Gasteiger partial charge in [0.25, 0.3) is 5.91 Å². The van der Waals surface area contributed by atoms with Gasteiger partial charge >= 0.3 is 0 Å². The van der Waals surface area contributed by atoms with E-state index in [1.54, 1.807) is 23.1 Å². The fraction of sp³-hybridized carbons (Fsp3) is 0.240. The van der Waals surface area contributed by atoms with Gasteiger partial charge in [-0.3, -0.25) is 4.79 Å². The summed E-state index contributed by atoms with van der Waals surface area (Å²) in [5.41, 5.74) is 2.87. The van der Waals surface area contributed by atoms with E-state index in [-0.39, 0.29) is 11.6 Å². The van der Waals surface area contributed by atoms with Crippen molar-refractivity contribution in [1.82, 2.24) is 4.90 Å². The predicted molar refractivity (Wildman–Crippen MR) is 126 cm³/mol. The number of amides is 1. The number of hydrogen-bond donors (Lipinski definition) is 1. The number of hydrogen-bond acceptors (Lipinski definition) is 3. The minimum Gasteiger partial charge on any atom is -0.378 e. The molecule has 166 valence electrons. The first-order chi connectivity index (χ1) is 15.3. The number of aliphatic hydroxyl groups is 1. The maximum Gasteiger partial charge on any atom is 0.256 e. The summed E-state index contributed by atoms with van der Waals surface area (Å²) in [6.45, 7) is 3.17. The summed E-state index contributed by atoms with van der Waals surface area (Å²) in [5.74, 6) is -1.13. The average Bonchev–Trinajstić information content (AvgIpc) is 2.79. The Morgan fingerprint density at radius 3 is 2.47 bits per heavy atom. The zero-order valence-corrected chi connectivity index (χ0v) is 19.0. The zero-order chi connectivity index (χ0) is 22.8. The molecule has 4 nitrogen and oxygen atoms in total. The number of aliphatic hydroxyl groups excluding tert-OH is 1. The van der Waals surface area contributed by atoms with Gasteiger partial charge in [-0.15, -0.1) is 0 Å². The lowest BCUT2D eigenvalue weighted by atomic mass is 9.99. The average molecular weight is 473 g/mol. The third kappa shape index (κ3) is 4.60. The van der Waals surface area contributed by atoms with E-state index in [2.05, 4.69) is 4.90 Å². The molecule has 0 aliphatic carbocycles. The summed E-state index contributed by atoms with van der Waals surface area (Å²) in [7, 11) is 0. The maximum absolute atomic E-state index is 14.1. The number of nitrogens with zero attached hydrogens (tertiary/aromatic N) is 2. The summed E-state index contributed by atoms with van der Waals surface area (Å²) in [5, 5.41) is 11.8. The van der Waals surface area contributed by atoms with Gasteiger partial charge in [-0.2, -0.15) is 0 Å². The van der Waals surface area contributed by atoms with E-state index >= 15 is 0 Å². The van der Waals surface area contributed by atoms with Crippen LogP contribution >= 0.6 is 23.2 Å². The number of rotatable bonds is 4. The quantitative estimate of drug-likeness (QED) is 0.540. The first kappa shape index (κ1) is 22.6. The van der Waals surface area contributed by atoms with Crippen LogP contribution in [0.1, 0.15) is 28.8 Å². The van der Waals surface area contributed by atoms with Crippen molar-refractivity contribution in [1.29, 1.82) is 0 Å². The van der Waals surface area contributed by atoms with E-state index in [0.29, 0.717) is 29.7 Å². The molecule has 1 amide bonds. The van der Waals surface area contributed by atoms with Gasteiger partial charge in [0.1, 0.15) is 5.82 Å². The fourth-order valence-corrected chi connectivity index (χ4v) is 4.56. The lowest BCUT2D eigenvalue weighted by Crippen LogP contribution is -2.52. The van der Waals surface area contributed by atoms with Gasteiger partial charge in [0.05, 0.1) is 16.8 Å². The molecule has 2 atom stereocenters. The molecular formula is C25H23Cl2FN2O2. The van der Waals surface area contributed by atoms with Crippen molar-refractivity contribution in [3.63, 3.8) is 0 Å². The lowest BCUT2D eigenvalue weighted by Gasteiger charge is -2.44. The number of benzene rings is 3. The third-order valence-electron chi connectivity index (χ3n) is 5.79. The van der Waals surface area contributed by atoms with Crippen molar-refractivity contribution in [2.24, 2.45) is 0 Å². The maximum atomic E-state index is 14.1. The highest BCUT2D eigenvalue weighted by Gasteiger charge is 2.35. The molecule has 0 radical (unpaired) electrons. The van der Waals surface area contributed by atoms with Gasteiger partial charge in [-0.05, 0) is 48.4 Å². The predicted octanol–water partition coefficient (Wildman–Crippen LogP) is 5.56. The van der Waals surface area contributed by atoms with Crippen molar-refractivity contribution in [2.75, 3.05) is 24.5 Å². The molecular weight excluding hydrogens is 450 g/mol. The molecule has 1 saturated heterocycles. The summed E-state index contributed by atoms with van der Waals surface area (Å²) in [6.07, 6.45) is -1.56. The topological polar surface area (TPSA) is 43.8 Å². The van der Waals surface area contributed by atoms with Crippen LogP contribution in [0.25, 0.3) is 0 Å². The van der Waals surface area contributed by atoms with Gasteiger partial charge < -0.3 is 14.9 Å². The molecule has 32 heavy (non-hydrogen) atoms. The minimum absolute atomic E-state index is 0.0236. The van der Waals surface area contributed by atoms with Crippen LogP contribution in [0, 0.1) is 12.7 Å². The molecule has 1 fully saturated rings. The van der Waals surface area contributed by atoms with Crippen LogP contribution < -0.4 is 4.90 Å². The Balaban J connectivity index is 1.65. The molecule has 3 aromatic carbocycles. The Morgan fingerprint density at radius 1 is 1.06 bits per heavy atom. The van der Waals surface area contributed by atoms with Crippen molar-refractivity contribution in [3.8, 4) is 0 Å². The molecule has 4 rings (SSSR count). The Kier molecular flexibility index (Phi) is 6.70.